The summed E-state index contributed by atoms with van der Waals surface area (Å²) in [6.45, 7) is 7.07. The summed E-state index contributed by atoms with van der Waals surface area (Å²) >= 11 is 0. The normalized spacial score (nSPS) is 13.7. The van der Waals surface area contributed by atoms with E-state index in [1.807, 2.05) is 33.3 Å². The maximum atomic E-state index is 13.6. The molecular weight excluding hydrogens is 988 g/mol. The van der Waals surface area contributed by atoms with Gasteiger partial charge in [-0.05, 0) is 57.4 Å². The second-order valence-electron chi connectivity index (χ2n) is 24.7. The quantitative estimate of drug-likeness (QED) is 0.0205. The molecule has 0 bridgehead atoms. The summed E-state index contributed by atoms with van der Waals surface area (Å²) in [6, 6.07) is -0.842. The molecular formula is C68H134N2O7P+. The number of hydrogen-bond donors (Lipinski definition) is 2. The summed E-state index contributed by atoms with van der Waals surface area (Å²) in [5.41, 5.74) is 0. The smallest absolute Gasteiger partial charge is 0.456 e. The molecule has 0 aromatic heterocycles. The number of phosphoric ester groups is 1. The highest BCUT2D eigenvalue weighted by atomic mass is 31.2. The maximum absolute atomic E-state index is 13.6. The summed E-state index contributed by atoms with van der Waals surface area (Å²) in [5.74, 6) is -0.484. The van der Waals surface area contributed by atoms with Crippen LogP contribution in [0.25, 0.3) is 0 Å². The van der Waals surface area contributed by atoms with E-state index in [0.717, 1.165) is 57.8 Å². The molecule has 0 aliphatic rings. The van der Waals surface area contributed by atoms with Crippen molar-refractivity contribution in [2.75, 3.05) is 40.9 Å². The molecule has 0 aromatic carbocycles. The van der Waals surface area contributed by atoms with Gasteiger partial charge < -0.3 is 19.4 Å². The number of hydrogen-bond acceptors (Lipinski definition) is 6. The van der Waals surface area contributed by atoms with Crippen LogP contribution in [-0.4, -0.2) is 74.3 Å². The monoisotopic (exact) mass is 1120 g/mol. The average molecular weight is 1120 g/mol. The number of amides is 1. The maximum Gasteiger partial charge on any atom is 0.472 e. The molecule has 0 saturated heterocycles. The first kappa shape index (κ1) is 76.5. The van der Waals surface area contributed by atoms with Crippen molar-refractivity contribution in [3.8, 4) is 0 Å². The van der Waals surface area contributed by atoms with Gasteiger partial charge in [0.05, 0.1) is 33.8 Å². The Morgan fingerprint density at radius 2 is 0.744 bits per heavy atom. The van der Waals surface area contributed by atoms with Crippen molar-refractivity contribution >= 4 is 19.7 Å². The van der Waals surface area contributed by atoms with Gasteiger partial charge >= 0.3 is 13.8 Å². The minimum Gasteiger partial charge on any atom is -0.456 e. The van der Waals surface area contributed by atoms with Crippen molar-refractivity contribution < 1.29 is 37.3 Å². The molecule has 10 heteroatoms. The predicted molar refractivity (Wildman–Crippen MR) is 337 cm³/mol. The van der Waals surface area contributed by atoms with Gasteiger partial charge in [0, 0.05) is 12.8 Å². The van der Waals surface area contributed by atoms with Gasteiger partial charge in [-0.3, -0.25) is 18.6 Å². The summed E-state index contributed by atoms with van der Waals surface area (Å²) in [4.78, 5) is 37.8. The number of carbonyl (C=O) groups excluding carboxylic acids is 2. The van der Waals surface area contributed by atoms with Crippen LogP contribution in [-0.2, 0) is 27.9 Å². The van der Waals surface area contributed by atoms with Crippen LogP contribution in [0.15, 0.2) is 24.3 Å². The molecule has 0 spiro atoms. The summed E-state index contributed by atoms with van der Waals surface area (Å²) in [7, 11) is 1.52. The van der Waals surface area contributed by atoms with Crippen molar-refractivity contribution in [2.45, 2.75) is 360 Å². The third-order valence-corrected chi connectivity index (χ3v) is 16.6. The zero-order valence-electron chi connectivity index (χ0n) is 52.9. The first-order valence-corrected chi connectivity index (χ1v) is 35.7. The lowest BCUT2D eigenvalue weighted by atomic mass is 10.0. The Labute approximate surface area is 485 Å². The van der Waals surface area contributed by atoms with E-state index in [9.17, 15) is 19.0 Å². The fourth-order valence-corrected chi connectivity index (χ4v) is 11.1. The number of esters is 1. The van der Waals surface area contributed by atoms with Gasteiger partial charge in [-0.15, -0.1) is 0 Å². The van der Waals surface area contributed by atoms with Gasteiger partial charge in [0.1, 0.15) is 19.3 Å². The second-order valence-corrected chi connectivity index (χ2v) is 26.2. The van der Waals surface area contributed by atoms with Crippen molar-refractivity contribution in [3.05, 3.63) is 24.3 Å². The molecule has 9 nitrogen and oxygen atoms in total. The van der Waals surface area contributed by atoms with Crippen LogP contribution in [0.5, 0.6) is 0 Å². The molecule has 0 rings (SSSR count). The Morgan fingerprint density at radius 1 is 0.436 bits per heavy atom. The summed E-state index contributed by atoms with van der Waals surface area (Å²) in [6.07, 6.45) is 70.4. The van der Waals surface area contributed by atoms with E-state index in [4.69, 9.17) is 13.8 Å². The number of phosphoric acid groups is 1. The van der Waals surface area contributed by atoms with Crippen LogP contribution in [0.2, 0.25) is 0 Å². The largest absolute Gasteiger partial charge is 0.472 e. The number of unbranched alkanes of at least 4 members (excludes halogenated alkanes) is 45. The zero-order chi connectivity index (χ0) is 57.2. The van der Waals surface area contributed by atoms with Gasteiger partial charge in [-0.1, -0.05) is 302 Å². The van der Waals surface area contributed by atoms with Gasteiger partial charge in [0.2, 0.25) is 5.91 Å². The highest BCUT2D eigenvalue weighted by Crippen LogP contribution is 2.43. The fourth-order valence-electron chi connectivity index (χ4n) is 10.4. The van der Waals surface area contributed by atoms with Gasteiger partial charge in [0.15, 0.2) is 0 Å². The van der Waals surface area contributed by atoms with E-state index < -0.39 is 20.0 Å². The van der Waals surface area contributed by atoms with Gasteiger partial charge in [-0.25, -0.2) is 4.57 Å². The van der Waals surface area contributed by atoms with E-state index in [-0.39, 0.29) is 25.1 Å². The lowest BCUT2D eigenvalue weighted by Gasteiger charge is -2.27. The lowest BCUT2D eigenvalue weighted by Crippen LogP contribution is -2.47. The Morgan fingerprint density at radius 3 is 1.09 bits per heavy atom. The molecule has 3 atom stereocenters. The SMILES string of the molecule is CCCCCCCC/C=C/CCCCCCCCCCCCCCCC(=O)OC(/C=C/CCCCCCCCCCCC)C(COP(=O)(O)OCC[N+](C)(C)C)NC(=O)CCCCCCCCCCCCCCCCCCC. The number of likely N-dealkylation sites (N-methyl/N-ethyl adjacent to an activating group) is 1. The topological polar surface area (TPSA) is 111 Å². The van der Waals surface area contributed by atoms with Crippen LogP contribution in [0.3, 0.4) is 0 Å². The molecule has 0 aliphatic heterocycles. The van der Waals surface area contributed by atoms with Gasteiger partial charge in [-0.2, -0.15) is 0 Å². The Balaban J connectivity index is 5.08. The lowest BCUT2D eigenvalue weighted by molar-refractivity contribution is -0.870. The Bertz CT molecular complexity index is 1380. The summed E-state index contributed by atoms with van der Waals surface area (Å²) in [5, 5.41) is 3.07. The number of ether oxygens (including phenoxy) is 1. The van der Waals surface area contributed by atoms with Crippen LogP contribution in [0, 0.1) is 0 Å². The molecule has 0 heterocycles. The highest BCUT2D eigenvalue weighted by Gasteiger charge is 2.30. The Hall–Kier alpha value is -1.51. The number of nitrogens with one attached hydrogen (secondary N) is 1. The average Bonchev–Trinajstić information content (AvgIpc) is 3.40. The molecule has 0 aliphatic carbocycles. The van der Waals surface area contributed by atoms with Crippen molar-refractivity contribution in [2.24, 2.45) is 0 Å². The Kier molecular flexibility index (Phi) is 57.5. The molecule has 3 unspecified atom stereocenters. The van der Waals surface area contributed by atoms with E-state index in [1.54, 1.807) is 0 Å². The van der Waals surface area contributed by atoms with E-state index in [0.29, 0.717) is 23.9 Å². The first-order chi connectivity index (χ1) is 37.9. The first-order valence-electron chi connectivity index (χ1n) is 34.2. The minimum atomic E-state index is -4.44. The molecule has 0 saturated carbocycles. The molecule has 2 N–H and O–H groups in total. The minimum absolute atomic E-state index is 0.0444. The van der Waals surface area contributed by atoms with E-state index >= 15 is 0 Å². The van der Waals surface area contributed by atoms with Crippen LogP contribution in [0.1, 0.15) is 348 Å². The number of nitrogens with zero attached hydrogens (tertiary/aromatic N) is 1. The van der Waals surface area contributed by atoms with Crippen LogP contribution < -0.4 is 5.32 Å². The van der Waals surface area contributed by atoms with Crippen molar-refractivity contribution in [1.82, 2.24) is 5.32 Å². The zero-order valence-corrected chi connectivity index (χ0v) is 53.8. The number of rotatable bonds is 63. The fraction of sp³-hybridized carbons (Fsp3) is 0.912. The molecule has 1 amide bonds. The predicted octanol–water partition coefficient (Wildman–Crippen LogP) is 21.3. The molecule has 0 aromatic rings. The number of carbonyl (C=O) groups is 2. The second kappa shape index (κ2) is 58.7. The standard InChI is InChI=1S/C68H133N2O7P/c1-7-10-13-16-19-22-25-28-30-32-33-34-35-36-37-39-41-43-46-49-52-55-58-61-68(72)77-66(59-56-53-50-47-44-27-24-21-18-15-12-9-3)65(64-76-78(73,74)75-63-62-70(4,5)6)69-67(71)60-57-54-51-48-45-42-40-38-31-29-26-23-20-17-14-11-8-2/h28,30,56,59,65-66H,7-27,29,31-55,57-58,60-64H2,1-6H3,(H-,69,71,73,74)/p+1/b30-28+,59-56+. The number of quaternary nitrogens is 1. The van der Waals surface area contributed by atoms with Crippen molar-refractivity contribution in [3.63, 3.8) is 0 Å². The third-order valence-electron chi connectivity index (χ3n) is 15.6. The summed E-state index contributed by atoms with van der Waals surface area (Å²) < 4.78 is 30.8. The number of allylic oxidation sites excluding steroid dienone is 3. The molecule has 0 fully saturated rings. The van der Waals surface area contributed by atoms with E-state index in [2.05, 4.69) is 38.2 Å². The van der Waals surface area contributed by atoms with Crippen LogP contribution in [0.4, 0.5) is 0 Å². The van der Waals surface area contributed by atoms with E-state index in [1.165, 1.54) is 257 Å². The molecule has 78 heavy (non-hydrogen) atoms. The third kappa shape index (κ3) is 59.1. The highest BCUT2D eigenvalue weighted by molar-refractivity contribution is 7.47. The molecule has 0 radical (unpaired) electrons. The molecule has 462 valence electrons. The van der Waals surface area contributed by atoms with Crippen molar-refractivity contribution in [1.29, 1.82) is 0 Å². The van der Waals surface area contributed by atoms with Crippen LogP contribution >= 0.6 is 7.82 Å². The van der Waals surface area contributed by atoms with Gasteiger partial charge in [0.25, 0.3) is 0 Å².